The van der Waals surface area contributed by atoms with Gasteiger partial charge in [-0.15, -0.1) is 11.3 Å². The number of thiophene rings is 1. The molecule has 2 N–H and O–H groups in total. The number of anilines is 2. The topological polar surface area (TPSA) is 95.6 Å². The molecule has 2 heterocycles. The Morgan fingerprint density at radius 2 is 1.71 bits per heavy atom. The fraction of sp³-hybridized carbons (Fsp3) is 0.100. The minimum atomic E-state index is -3.68. The van der Waals surface area contributed by atoms with Gasteiger partial charge in [0.2, 0.25) is 0 Å². The van der Waals surface area contributed by atoms with Crippen LogP contribution < -0.4 is 14.9 Å². The molecule has 1 aliphatic rings. The lowest BCUT2D eigenvalue weighted by atomic mass is 10.1. The van der Waals surface area contributed by atoms with E-state index >= 15 is 0 Å². The van der Waals surface area contributed by atoms with Gasteiger partial charge in [-0.2, -0.15) is 4.72 Å². The molecule has 0 spiro atoms. The van der Waals surface area contributed by atoms with Crippen LogP contribution in [0.15, 0.2) is 52.7 Å². The molecule has 0 saturated heterocycles. The summed E-state index contributed by atoms with van der Waals surface area (Å²) in [5, 5.41) is 3.34. The van der Waals surface area contributed by atoms with Crippen molar-refractivity contribution < 1.29 is 18.0 Å². The first-order chi connectivity index (χ1) is 14.7. The van der Waals surface area contributed by atoms with Crippen molar-refractivity contribution in [3.8, 4) is 0 Å². The third-order valence-corrected chi connectivity index (χ3v) is 8.01. The van der Waals surface area contributed by atoms with Gasteiger partial charge in [-0.1, -0.05) is 23.2 Å². The molecule has 2 amide bonds. The summed E-state index contributed by atoms with van der Waals surface area (Å²) >= 11 is 12.7. The van der Waals surface area contributed by atoms with Crippen molar-refractivity contribution in [1.29, 1.82) is 0 Å². The summed E-state index contributed by atoms with van der Waals surface area (Å²) in [4.78, 5) is 26.6. The number of nitrogens with one attached hydrogen (secondary N) is 2. The summed E-state index contributed by atoms with van der Waals surface area (Å²) < 4.78 is 27.4. The average Bonchev–Trinajstić information content (AvgIpc) is 3.25. The van der Waals surface area contributed by atoms with Crippen LogP contribution in [0.5, 0.6) is 0 Å². The molecule has 0 aliphatic carbocycles. The molecule has 1 aliphatic heterocycles. The average molecular weight is 496 g/mol. The number of sulfonamides is 1. The molecule has 0 fully saturated rings. The maximum Gasteiger partial charge on any atom is 0.266 e. The molecule has 0 atom stereocenters. The molecule has 0 radical (unpaired) electrons. The van der Waals surface area contributed by atoms with Crippen molar-refractivity contribution in [3.05, 3.63) is 74.6 Å². The van der Waals surface area contributed by atoms with Crippen molar-refractivity contribution in [3.63, 3.8) is 0 Å². The normalized spacial score (nSPS) is 13.6. The summed E-state index contributed by atoms with van der Waals surface area (Å²) in [6, 6.07) is 12.6. The Balaban J connectivity index is 1.48. The van der Waals surface area contributed by atoms with Gasteiger partial charge in [0, 0.05) is 10.7 Å². The van der Waals surface area contributed by atoms with E-state index in [2.05, 4.69) is 10.0 Å². The van der Waals surface area contributed by atoms with E-state index in [9.17, 15) is 18.0 Å². The number of amides is 2. The van der Waals surface area contributed by atoms with E-state index in [0.29, 0.717) is 31.9 Å². The van der Waals surface area contributed by atoms with E-state index in [1.807, 2.05) is 0 Å². The van der Waals surface area contributed by atoms with Gasteiger partial charge in [0.1, 0.15) is 4.21 Å². The van der Waals surface area contributed by atoms with Crippen LogP contribution in [0.2, 0.25) is 9.36 Å². The fourth-order valence-electron chi connectivity index (χ4n) is 3.19. The third-order valence-electron chi connectivity index (χ3n) is 4.65. The van der Waals surface area contributed by atoms with Gasteiger partial charge in [0.25, 0.3) is 21.8 Å². The summed E-state index contributed by atoms with van der Waals surface area (Å²) in [5.74, 6) is -0.850. The molecule has 4 rings (SSSR count). The first-order valence-electron chi connectivity index (χ1n) is 8.95. The Labute approximate surface area is 192 Å². The Morgan fingerprint density at radius 3 is 2.39 bits per heavy atom. The Kier molecular flexibility index (Phi) is 5.80. The molecule has 0 unspecified atom stereocenters. The second-order valence-corrected chi connectivity index (χ2v) is 10.8. The zero-order chi connectivity index (χ0) is 22.3. The van der Waals surface area contributed by atoms with E-state index < -0.39 is 21.8 Å². The number of fused-ring (bicyclic) bond motifs is 1. The SMILES string of the molecule is Cc1cc(NCNS(=O)(=O)c2ccc(Cl)s2)ccc1N1C(=O)c2ccc(Cl)cc2C1=O. The molecule has 2 aromatic carbocycles. The molecule has 3 aromatic rings. The number of nitrogens with zero attached hydrogens (tertiary/aromatic N) is 1. The molecule has 0 bridgehead atoms. The summed E-state index contributed by atoms with van der Waals surface area (Å²) in [6.45, 7) is 1.71. The second kappa shape index (κ2) is 8.25. The Hall–Kier alpha value is -2.43. The second-order valence-electron chi connectivity index (χ2n) is 6.70. The maximum atomic E-state index is 12.8. The number of halogens is 2. The van der Waals surface area contributed by atoms with E-state index in [1.165, 1.54) is 24.3 Å². The van der Waals surface area contributed by atoms with E-state index in [4.69, 9.17) is 23.2 Å². The van der Waals surface area contributed by atoms with Gasteiger partial charge in [-0.05, 0) is 61.0 Å². The van der Waals surface area contributed by atoms with Crippen LogP contribution in [0.25, 0.3) is 0 Å². The van der Waals surface area contributed by atoms with Gasteiger partial charge in [0.15, 0.2) is 0 Å². The lowest BCUT2D eigenvalue weighted by Crippen LogP contribution is -2.30. The zero-order valence-electron chi connectivity index (χ0n) is 16.0. The quantitative estimate of drug-likeness (QED) is 0.387. The fourth-order valence-corrected chi connectivity index (χ4v) is 5.82. The number of aryl methyl sites for hydroxylation is 1. The number of benzene rings is 2. The number of carbonyl (C=O) groups is 2. The summed E-state index contributed by atoms with van der Waals surface area (Å²) in [5.41, 5.74) is 2.30. The number of hydrogen-bond acceptors (Lipinski definition) is 6. The third kappa shape index (κ3) is 4.19. The number of imide groups is 1. The largest absolute Gasteiger partial charge is 0.372 e. The lowest BCUT2D eigenvalue weighted by molar-refractivity contribution is 0.0926. The van der Waals surface area contributed by atoms with E-state index in [-0.39, 0.29) is 16.4 Å². The van der Waals surface area contributed by atoms with Gasteiger partial charge in [-0.25, -0.2) is 13.3 Å². The Morgan fingerprint density at radius 1 is 0.968 bits per heavy atom. The zero-order valence-corrected chi connectivity index (χ0v) is 19.1. The highest BCUT2D eigenvalue weighted by atomic mass is 35.5. The standard InChI is InChI=1S/C20H15Cl2N3O4S2/c1-11-8-13(23-10-24-31(28,29)18-7-6-17(22)30-18)3-5-16(11)25-19(26)14-4-2-12(21)9-15(14)20(25)27/h2-9,23-24H,10H2,1H3. The molecular weight excluding hydrogens is 481 g/mol. The smallest absolute Gasteiger partial charge is 0.266 e. The van der Waals surface area contributed by atoms with Gasteiger partial charge < -0.3 is 5.32 Å². The monoisotopic (exact) mass is 495 g/mol. The lowest BCUT2D eigenvalue weighted by Gasteiger charge is -2.18. The molecule has 7 nitrogen and oxygen atoms in total. The van der Waals surface area contributed by atoms with Crippen LogP contribution in [0.1, 0.15) is 26.3 Å². The summed E-state index contributed by atoms with van der Waals surface area (Å²) in [7, 11) is -3.68. The predicted molar refractivity (Wildman–Crippen MR) is 122 cm³/mol. The molecule has 31 heavy (non-hydrogen) atoms. The van der Waals surface area contributed by atoms with Crippen LogP contribution in [0.4, 0.5) is 11.4 Å². The molecule has 11 heteroatoms. The van der Waals surface area contributed by atoms with Gasteiger partial charge in [-0.3, -0.25) is 9.59 Å². The van der Waals surface area contributed by atoms with Crippen LogP contribution in [-0.4, -0.2) is 26.9 Å². The Bertz CT molecular complexity index is 1320. The summed E-state index contributed by atoms with van der Waals surface area (Å²) in [6.07, 6.45) is 0. The van der Waals surface area contributed by atoms with Gasteiger partial charge >= 0.3 is 0 Å². The maximum absolute atomic E-state index is 12.8. The highest BCUT2D eigenvalue weighted by molar-refractivity contribution is 7.91. The van der Waals surface area contributed by atoms with E-state index in [0.717, 1.165) is 16.2 Å². The van der Waals surface area contributed by atoms with Crippen LogP contribution in [-0.2, 0) is 10.0 Å². The van der Waals surface area contributed by atoms with Crippen LogP contribution >= 0.6 is 34.5 Å². The minimum Gasteiger partial charge on any atom is -0.372 e. The first-order valence-corrected chi connectivity index (χ1v) is 12.0. The molecular formula is C20H15Cl2N3O4S2. The van der Waals surface area contributed by atoms with Crippen LogP contribution in [0.3, 0.4) is 0 Å². The van der Waals surface area contributed by atoms with Crippen molar-refractivity contribution >= 4 is 67.8 Å². The van der Waals surface area contributed by atoms with Crippen molar-refractivity contribution in [2.75, 3.05) is 16.9 Å². The van der Waals surface area contributed by atoms with Crippen molar-refractivity contribution in [1.82, 2.24) is 4.72 Å². The number of rotatable bonds is 6. The van der Waals surface area contributed by atoms with E-state index in [1.54, 1.807) is 31.2 Å². The minimum absolute atomic E-state index is 0.0534. The highest BCUT2D eigenvalue weighted by Gasteiger charge is 2.37. The van der Waals surface area contributed by atoms with Crippen molar-refractivity contribution in [2.24, 2.45) is 0 Å². The molecule has 1 aromatic heterocycles. The molecule has 160 valence electrons. The van der Waals surface area contributed by atoms with Crippen molar-refractivity contribution in [2.45, 2.75) is 11.1 Å². The number of carbonyl (C=O) groups excluding carboxylic acids is 2. The molecule has 0 saturated carbocycles. The van der Waals surface area contributed by atoms with Gasteiger partial charge in [0.05, 0.1) is 27.8 Å². The predicted octanol–water partition coefficient (Wildman–Crippen LogP) is 4.51. The van der Waals surface area contributed by atoms with Crippen LogP contribution in [0, 0.1) is 6.92 Å². The first kappa shape index (κ1) is 21.8. The highest BCUT2D eigenvalue weighted by Crippen LogP contribution is 2.33. The number of hydrogen-bond donors (Lipinski definition) is 2.